The molecule has 0 aliphatic rings. The molecule has 1 heterocycles. The number of amides is 1. The monoisotopic (exact) mass is 309 g/mol. The molecule has 2 N–H and O–H groups in total. The van der Waals surface area contributed by atoms with Gasteiger partial charge in [-0.15, -0.1) is 11.3 Å². The third-order valence-electron chi connectivity index (χ3n) is 3.30. The van der Waals surface area contributed by atoms with Crippen LogP contribution in [0.5, 0.6) is 0 Å². The van der Waals surface area contributed by atoms with Gasteiger partial charge in [0.05, 0.1) is 6.54 Å². The number of carboxylic acid groups (broad SMARTS) is 1. The molecular formula is C16H23NO3S. The second kappa shape index (κ2) is 9.34. The van der Waals surface area contributed by atoms with Gasteiger partial charge in [0.25, 0.3) is 0 Å². The number of thiophene rings is 1. The molecule has 1 aromatic heterocycles. The van der Waals surface area contributed by atoms with E-state index in [-0.39, 0.29) is 11.8 Å². The Morgan fingerprint density at radius 1 is 1.43 bits per heavy atom. The zero-order valence-corrected chi connectivity index (χ0v) is 13.4. The first kappa shape index (κ1) is 17.4. The molecule has 0 bridgehead atoms. The van der Waals surface area contributed by atoms with Gasteiger partial charge in [-0.2, -0.15) is 0 Å². The van der Waals surface area contributed by atoms with Crippen LogP contribution in [0.2, 0.25) is 0 Å². The fourth-order valence-electron chi connectivity index (χ4n) is 2.03. The van der Waals surface area contributed by atoms with E-state index in [2.05, 4.69) is 12.2 Å². The highest BCUT2D eigenvalue weighted by Gasteiger charge is 2.15. The third kappa shape index (κ3) is 6.58. The van der Waals surface area contributed by atoms with Crippen molar-refractivity contribution in [3.63, 3.8) is 0 Å². The van der Waals surface area contributed by atoms with E-state index in [1.165, 1.54) is 11.3 Å². The SMILES string of the molecule is CCCCC(CC)C(=O)NCc1cc(C=CC(=O)O)cs1. The molecule has 0 saturated carbocycles. The van der Waals surface area contributed by atoms with E-state index in [9.17, 15) is 9.59 Å². The largest absolute Gasteiger partial charge is 0.478 e. The zero-order chi connectivity index (χ0) is 15.7. The Bertz CT molecular complexity index is 493. The van der Waals surface area contributed by atoms with Gasteiger partial charge < -0.3 is 10.4 Å². The van der Waals surface area contributed by atoms with E-state index in [0.717, 1.165) is 42.2 Å². The normalized spacial score (nSPS) is 12.5. The number of nitrogens with one attached hydrogen (secondary N) is 1. The topological polar surface area (TPSA) is 66.4 Å². The van der Waals surface area contributed by atoms with Crippen molar-refractivity contribution < 1.29 is 14.7 Å². The van der Waals surface area contributed by atoms with Gasteiger partial charge in [-0.3, -0.25) is 4.79 Å². The standard InChI is InChI=1S/C16H23NO3S/c1-3-5-6-13(4-2)16(20)17-10-14-9-12(11-21-14)7-8-15(18)19/h7-9,11,13H,3-6,10H2,1-2H3,(H,17,20)(H,18,19). The van der Waals surface area contributed by atoms with Gasteiger partial charge >= 0.3 is 5.97 Å². The van der Waals surface area contributed by atoms with E-state index in [4.69, 9.17) is 5.11 Å². The van der Waals surface area contributed by atoms with Crippen LogP contribution in [0.15, 0.2) is 17.5 Å². The first-order chi connectivity index (χ1) is 10.1. The Morgan fingerprint density at radius 2 is 2.19 bits per heavy atom. The van der Waals surface area contributed by atoms with Crippen molar-refractivity contribution in [2.45, 2.75) is 46.1 Å². The molecule has 0 aliphatic carbocycles. The summed E-state index contributed by atoms with van der Waals surface area (Å²) in [5.41, 5.74) is 0.852. The van der Waals surface area contributed by atoms with Crippen molar-refractivity contribution in [2.24, 2.45) is 5.92 Å². The number of hydrogen-bond acceptors (Lipinski definition) is 3. The molecule has 0 aliphatic heterocycles. The summed E-state index contributed by atoms with van der Waals surface area (Å²) in [5.74, 6) is -0.754. The van der Waals surface area contributed by atoms with Crippen LogP contribution in [-0.2, 0) is 16.1 Å². The third-order valence-corrected chi connectivity index (χ3v) is 4.25. The minimum absolute atomic E-state index is 0.0938. The van der Waals surface area contributed by atoms with Crippen molar-refractivity contribution in [3.8, 4) is 0 Å². The maximum atomic E-state index is 12.1. The molecule has 1 amide bonds. The number of hydrogen-bond donors (Lipinski definition) is 2. The number of carbonyl (C=O) groups is 2. The van der Waals surface area contributed by atoms with Crippen LogP contribution < -0.4 is 5.32 Å². The minimum Gasteiger partial charge on any atom is -0.478 e. The predicted molar refractivity (Wildman–Crippen MR) is 86.1 cm³/mol. The Hall–Kier alpha value is -1.62. The summed E-state index contributed by atoms with van der Waals surface area (Å²) in [6.45, 7) is 4.68. The van der Waals surface area contributed by atoms with Crippen LogP contribution in [0.25, 0.3) is 6.08 Å². The fraction of sp³-hybridized carbons (Fsp3) is 0.500. The van der Waals surface area contributed by atoms with E-state index >= 15 is 0 Å². The quantitative estimate of drug-likeness (QED) is 0.684. The Morgan fingerprint density at radius 3 is 2.81 bits per heavy atom. The highest BCUT2D eigenvalue weighted by Crippen LogP contribution is 2.17. The van der Waals surface area contributed by atoms with Crippen molar-refractivity contribution in [3.05, 3.63) is 28.0 Å². The minimum atomic E-state index is -0.960. The van der Waals surface area contributed by atoms with Gasteiger partial charge in [0.15, 0.2) is 0 Å². The number of unbranched alkanes of at least 4 members (excludes halogenated alkanes) is 1. The van der Waals surface area contributed by atoms with Gasteiger partial charge in [-0.05, 0) is 35.9 Å². The molecule has 1 aromatic rings. The van der Waals surface area contributed by atoms with Crippen molar-refractivity contribution >= 4 is 29.3 Å². The molecule has 1 atom stereocenters. The van der Waals surface area contributed by atoms with Gasteiger partial charge in [0.2, 0.25) is 5.91 Å². The lowest BCUT2D eigenvalue weighted by atomic mass is 9.98. The molecule has 1 rings (SSSR count). The lowest BCUT2D eigenvalue weighted by molar-refractivity contribution is -0.131. The lowest BCUT2D eigenvalue weighted by Gasteiger charge is -2.13. The molecule has 5 heteroatoms. The summed E-state index contributed by atoms with van der Waals surface area (Å²) in [7, 11) is 0. The van der Waals surface area contributed by atoms with Crippen LogP contribution in [0.1, 0.15) is 50.0 Å². The van der Waals surface area contributed by atoms with Crippen molar-refractivity contribution in [2.75, 3.05) is 0 Å². The summed E-state index contributed by atoms with van der Waals surface area (Å²) < 4.78 is 0. The lowest BCUT2D eigenvalue weighted by Crippen LogP contribution is -2.29. The second-order valence-corrected chi connectivity index (χ2v) is 5.98. The molecule has 4 nitrogen and oxygen atoms in total. The molecule has 0 fully saturated rings. The highest BCUT2D eigenvalue weighted by atomic mass is 32.1. The fourth-order valence-corrected chi connectivity index (χ4v) is 2.83. The molecule has 0 saturated heterocycles. The number of aliphatic carboxylic acids is 1. The molecule has 21 heavy (non-hydrogen) atoms. The van der Waals surface area contributed by atoms with Crippen LogP contribution >= 0.6 is 11.3 Å². The van der Waals surface area contributed by atoms with E-state index < -0.39 is 5.97 Å². The predicted octanol–water partition coefficient (Wildman–Crippen LogP) is 3.68. The summed E-state index contributed by atoms with van der Waals surface area (Å²) in [6, 6.07) is 1.90. The van der Waals surface area contributed by atoms with Crippen molar-refractivity contribution in [1.29, 1.82) is 0 Å². The average molecular weight is 309 g/mol. The van der Waals surface area contributed by atoms with E-state index in [1.54, 1.807) is 6.08 Å². The van der Waals surface area contributed by atoms with Gasteiger partial charge in [-0.25, -0.2) is 4.79 Å². The maximum absolute atomic E-state index is 12.1. The Kier molecular flexibility index (Phi) is 7.75. The first-order valence-corrected chi connectivity index (χ1v) is 8.20. The Balaban J connectivity index is 2.47. The van der Waals surface area contributed by atoms with Crippen LogP contribution in [0.3, 0.4) is 0 Å². The summed E-state index contributed by atoms with van der Waals surface area (Å²) in [4.78, 5) is 23.6. The van der Waals surface area contributed by atoms with Gasteiger partial charge in [-0.1, -0.05) is 26.7 Å². The zero-order valence-electron chi connectivity index (χ0n) is 12.6. The van der Waals surface area contributed by atoms with Gasteiger partial charge in [0, 0.05) is 16.9 Å². The number of rotatable bonds is 9. The molecule has 1 unspecified atom stereocenters. The highest BCUT2D eigenvalue weighted by molar-refractivity contribution is 7.10. The molecule has 0 radical (unpaired) electrons. The second-order valence-electron chi connectivity index (χ2n) is 4.98. The van der Waals surface area contributed by atoms with Crippen molar-refractivity contribution in [1.82, 2.24) is 5.32 Å². The van der Waals surface area contributed by atoms with Crippen LogP contribution in [0.4, 0.5) is 0 Å². The summed E-state index contributed by atoms with van der Waals surface area (Å²) >= 11 is 1.52. The number of carbonyl (C=O) groups excluding carboxylic acids is 1. The average Bonchev–Trinajstić information content (AvgIpc) is 2.91. The van der Waals surface area contributed by atoms with Gasteiger partial charge in [0.1, 0.15) is 0 Å². The summed E-state index contributed by atoms with van der Waals surface area (Å²) in [5, 5.41) is 13.4. The van der Waals surface area contributed by atoms with Crippen LogP contribution in [0, 0.1) is 5.92 Å². The smallest absolute Gasteiger partial charge is 0.328 e. The van der Waals surface area contributed by atoms with E-state index in [1.807, 2.05) is 18.4 Å². The molecular weight excluding hydrogens is 286 g/mol. The van der Waals surface area contributed by atoms with E-state index in [0.29, 0.717) is 6.54 Å². The first-order valence-electron chi connectivity index (χ1n) is 7.32. The maximum Gasteiger partial charge on any atom is 0.328 e. The number of carboxylic acids is 1. The van der Waals surface area contributed by atoms with Crippen LogP contribution in [-0.4, -0.2) is 17.0 Å². The Labute approximate surface area is 129 Å². The summed E-state index contributed by atoms with van der Waals surface area (Å²) in [6.07, 6.45) is 6.66. The molecule has 0 aromatic carbocycles. The molecule has 0 spiro atoms. The molecule has 116 valence electrons.